The van der Waals surface area contributed by atoms with Crippen LogP contribution in [0.5, 0.6) is 0 Å². The van der Waals surface area contributed by atoms with E-state index in [1.165, 1.54) is 0 Å². The summed E-state index contributed by atoms with van der Waals surface area (Å²) >= 11 is 1.81. The van der Waals surface area contributed by atoms with E-state index in [1.54, 1.807) is 6.26 Å². The van der Waals surface area contributed by atoms with Crippen molar-refractivity contribution in [3.05, 3.63) is 24.2 Å². The van der Waals surface area contributed by atoms with Gasteiger partial charge in [-0.05, 0) is 32.2 Å². The van der Waals surface area contributed by atoms with Crippen molar-refractivity contribution in [1.82, 2.24) is 5.32 Å². The Balaban J connectivity index is 2.05. The summed E-state index contributed by atoms with van der Waals surface area (Å²) in [6.45, 7) is 6.47. The summed E-state index contributed by atoms with van der Waals surface area (Å²) in [7, 11) is 0. The van der Waals surface area contributed by atoms with Gasteiger partial charge in [0, 0.05) is 17.8 Å². The Bertz CT molecular complexity index is 314. The zero-order valence-corrected chi connectivity index (χ0v) is 12.1. The third kappa shape index (κ3) is 6.44. The van der Waals surface area contributed by atoms with Gasteiger partial charge in [-0.1, -0.05) is 0 Å². The number of aliphatic hydroxyl groups excluding tert-OH is 1. The lowest BCUT2D eigenvalue weighted by Crippen LogP contribution is -2.38. The van der Waals surface area contributed by atoms with Crippen molar-refractivity contribution in [1.29, 1.82) is 0 Å². The van der Waals surface area contributed by atoms with Crippen LogP contribution in [0.15, 0.2) is 22.8 Å². The van der Waals surface area contributed by atoms with E-state index in [4.69, 9.17) is 9.15 Å². The second-order valence-electron chi connectivity index (χ2n) is 4.84. The van der Waals surface area contributed by atoms with E-state index in [1.807, 2.05) is 23.9 Å². The summed E-state index contributed by atoms with van der Waals surface area (Å²) in [5.74, 6) is 0.777. The monoisotopic (exact) mass is 273 g/mol. The predicted octanol–water partition coefficient (Wildman–Crippen LogP) is 1.89. The molecule has 0 aliphatic rings. The fourth-order valence-electron chi connectivity index (χ4n) is 1.36. The molecule has 0 saturated heterocycles. The second-order valence-corrected chi connectivity index (χ2v) is 6.36. The zero-order valence-electron chi connectivity index (χ0n) is 11.3. The third-order valence-corrected chi connectivity index (χ3v) is 3.87. The van der Waals surface area contributed by atoms with Gasteiger partial charge in [0.2, 0.25) is 0 Å². The van der Waals surface area contributed by atoms with Crippen LogP contribution in [-0.2, 0) is 11.3 Å². The van der Waals surface area contributed by atoms with Crippen LogP contribution in [0.25, 0.3) is 0 Å². The van der Waals surface area contributed by atoms with Crippen LogP contribution in [0.4, 0.5) is 0 Å². The maximum atomic E-state index is 9.72. The first-order chi connectivity index (χ1) is 8.53. The van der Waals surface area contributed by atoms with Crippen molar-refractivity contribution in [3.63, 3.8) is 0 Å². The fourth-order valence-corrected chi connectivity index (χ4v) is 1.61. The number of aliphatic hydroxyl groups is 1. The van der Waals surface area contributed by atoms with Gasteiger partial charge in [-0.15, -0.1) is 0 Å². The minimum Gasteiger partial charge on any atom is -0.467 e. The maximum Gasteiger partial charge on any atom is 0.129 e. The molecule has 1 unspecified atom stereocenters. The molecule has 0 aliphatic heterocycles. The first kappa shape index (κ1) is 15.6. The third-order valence-electron chi connectivity index (χ3n) is 2.62. The number of ether oxygens (including phenoxy) is 1. The molecule has 0 saturated carbocycles. The molecule has 4 nitrogen and oxygen atoms in total. The summed E-state index contributed by atoms with van der Waals surface area (Å²) < 4.78 is 10.7. The molecule has 18 heavy (non-hydrogen) atoms. The van der Waals surface area contributed by atoms with Crippen molar-refractivity contribution < 1.29 is 14.3 Å². The van der Waals surface area contributed by atoms with E-state index in [-0.39, 0.29) is 4.75 Å². The standard InChI is InChI=1S/C13H23NO3S/c1-13(2,18-3)10-14-7-11(15)8-16-9-12-5-4-6-17-12/h4-6,11,14-15H,7-10H2,1-3H3. The van der Waals surface area contributed by atoms with Crippen LogP contribution >= 0.6 is 11.8 Å². The summed E-state index contributed by atoms with van der Waals surface area (Å²) in [4.78, 5) is 0. The highest BCUT2D eigenvalue weighted by molar-refractivity contribution is 7.99. The quantitative estimate of drug-likeness (QED) is 0.719. The summed E-state index contributed by atoms with van der Waals surface area (Å²) in [5, 5.41) is 13.0. The fraction of sp³-hybridized carbons (Fsp3) is 0.692. The number of hydrogen-bond donors (Lipinski definition) is 2. The maximum absolute atomic E-state index is 9.72. The van der Waals surface area contributed by atoms with E-state index >= 15 is 0 Å². The van der Waals surface area contributed by atoms with Crippen LogP contribution in [0.2, 0.25) is 0 Å². The lowest BCUT2D eigenvalue weighted by atomic mass is 10.2. The molecule has 0 amide bonds. The highest BCUT2D eigenvalue weighted by Crippen LogP contribution is 2.19. The number of hydrogen-bond acceptors (Lipinski definition) is 5. The number of rotatable bonds is 9. The van der Waals surface area contributed by atoms with Gasteiger partial charge >= 0.3 is 0 Å². The van der Waals surface area contributed by atoms with Crippen molar-refractivity contribution in [2.24, 2.45) is 0 Å². The molecular weight excluding hydrogens is 250 g/mol. The molecule has 0 spiro atoms. The topological polar surface area (TPSA) is 54.6 Å². The van der Waals surface area contributed by atoms with E-state index in [2.05, 4.69) is 25.4 Å². The minimum atomic E-state index is -0.488. The van der Waals surface area contributed by atoms with E-state index in [0.29, 0.717) is 19.8 Å². The highest BCUT2D eigenvalue weighted by atomic mass is 32.2. The largest absolute Gasteiger partial charge is 0.467 e. The minimum absolute atomic E-state index is 0.189. The number of thioether (sulfide) groups is 1. The Morgan fingerprint density at radius 1 is 1.56 bits per heavy atom. The number of furan rings is 1. The smallest absolute Gasteiger partial charge is 0.129 e. The highest BCUT2D eigenvalue weighted by Gasteiger charge is 2.15. The van der Waals surface area contributed by atoms with E-state index in [0.717, 1.165) is 12.3 Å². The first-order valence-electron chi connectivity index (χ1n) is 6.07. The van der Waals surface area contributed by atoms with Crippen molar-refractivity contribution in [3.8, 4) is 0 Å². The van der Waals surface area contributed by atoms with Gasteiger partial charge in [0.15, 0.2) is 0 Å². The van der Waals surface area contributed by atoms with E-state index in [9.17, 15) is 5.11 Å². The molecule has 0 aromatic carbocycles. The summed E-state index contributed by atoms with van der Waals surface area (Å²) in [6.07, 6.45) is 3.21. The zero-order chi connectivity index (χ0) is 13.4. The average Bonchev–Trinajstić information content (AvgIpc) is 2.82. The molecule has 0 fully saturated rings. The van der Waals surface area contributed by atoms with Crippen LogP contribution in [0.1, 0.15) is 19.6 Å². The van der Waals surface area contributed by atoms with E-state index < -0.39 is 6.10 Å². The van der Waals surface area contributed by atoms with Gasteiger partial charge in [-0.25, -0.2) is 0 Å². The van der Waals surface area contributed by atoms with Crippen LogP contribution in [0.3, 0.4) is 0 Å². The van der Waals surface area contributed by atoms with Crippen LogP contribution in [0, 0.1) is 0 Å². The average molecular weight is 273 g/mol. The Labute approximate surface area is 113 Å². The Hall–Kier alpha value is -0.490. The molecule has 5 heteroatoms. The molecule has 1 aromatic rings. The summed E-state index contributed by atoms with van der Waals surface area (Å²) in [5.41, 5.74) is 0. The van der Waals surface area contributed by atoms with Crippen LogP contribution in [-0.4, -0.2) is 41.9 Å². The van der Waals surface area contributed by atoms with Crippen molar-refractivity contribution in [2.45, 2.75) is 31.3 Å². The molecule has 1 heterocycles. The molecule has 0 aliphatic carbocycles. The second kappa shape index (κ2) is 7.84. The molecule has 1 aromatic heterocycles. The van der Waals surface area contributed by atoms with Crippen molar-refractivity contribution >= 4 is 11.8 Å². The van der Waals surface area contributed by atoms with Crippen LogP contribution < -0.4 is 5.32 Å². The van der Waals surface area contributed by atoms with Gasteiger partial charge in [0.05, 0.1) is 19.0 Å². The molecule has 1 rings (SSSR count). The SMILES string of the molecule is CSC(C)(C)CNCC(O)COCc1ccco1. The normalized spacial score (nSPS) is 13.8. The lowest BCUT2D eigenvalue weighted by molar-refractivity contribution is 0.0226. The molecule has 0 radical (unpaired) electrons. The summed E-state index contributed by atoms with van der Waals surface area (Å²) in [6, 6.07) is 3.67. The number of nitrogens with one attached hydrogen (secondary N) is 1. The Morgan fingerprint density at radius 3 is 2.94 bits per heavy atom. The van der Waals surface area contributed by atoms with Crippen molar-refractivity contribution in [2.75, 3.05) is 26.0 Å². The molecule has 104 valence electrons. The molecule has 2 N–H and O–H groups in total. The lowest BCUT2D eigenvalue weighted by Gasteiger charge is -2.23. The molecule has 1 atom stereocenters. The Kier molecular flexibility index (Phi) is 6.78. The van der Waals surface area contributed by atoms with Gasteiger partial charge in [-0.3, -0.25) is 0 Å². The predicted molar refractivity (Wildman–Crippen MR) is 74.8 cm³/mol. The molecular formula is C13H23NO3S. The Morgan fingerprint density at radius 2 is 2.33 bits per heavy atom. The molecule has 0 bridgehead atoms. The van der Waals surface area contributed by atoms with Gasteiger partial charge < -0.3 is 19.6 Å². The van der Waals surface area contributed by atoms with Gasteiger partial charge in [0.25, 0.3) is 0 Å². The first-order valence-corrected chi connectivity index (χ1v) is 7.30. The van der Waals surface area contributed by atoms with Gasteiger partial charge in [-0.2, -0.15) is 11.8 Å². The van der Waals surface area contributed by atoms with Gasteiger partial charge in [0.1, 0.15) is 12.4 Å².